The Morgan fingerprint density at radius 2 is 1.94 bits per heavy atom. The molecule has 7 nitrogen and oxygen atoms in total. The van der Waals surface area contributed by atoms with Crippen LogP contribution in [0, 0.1) is 12.8 Å². The number of fused-ring (bicyclic) bond motifs is 1. The molecule has 33 heavy (non-hydrogen) atoms. The quantitative estimate of drug-likeness (QED) is 0.528. The standard InChI is InChI=1S/C26H30N4O3/c1-16-6-3-4-8-20(16)26(14-15-26)25-27-23(33-29-25)22-19-7-5-9-21(19)28-30(22)18-12-10-17(11-13-18)24(31)32-2/h3-4,6,8,17-18H,5,7,9-15H2,1-2H3. The van der Waals surface area contributed by atoms with Crippen LogP contribution in [0.1, 0.15) is 79.2 Å². The second-order valence-corrected chi connectivity index (χ2v) is 9.92. The van der Waals surface area contributed by atoms with E-state index in [4.69, 9.17) is 19.3 Å². The summed E-state index contributed by atoms with van der Waals surface area (Å²) in [5.74, 6) is 1.29. The summed E-state index contributed by atoms with van der Waals surface area (Å²) in [6, 6.07) is 8.76. The van der Waals surface area contributed by atoms with Crippen LogP contribution in [-0.2, 0) is 27.8 Å². The third-order valence-electron chi connectivity index (χ3n) is 7.98. The molecule has 0 aliphatic heterocycles. The molecule has 0 atom stereocenters. The Morgan fingerprint density at radius 3 is 2.67 bits per heavy atom. The van der Waals surface area contributed by atoms with Crippen molar-refractivity contribution in [3.05, 3.63) is 52.5 Å². The molecule has 2 fully saturated rings. The first-order valence-corrected chi connectivity index (χ1v) is 12.2. The molecule has 3 aliphatic rings. The van der Waals surface area contributed by atoms with Crippen LogP contribution in [0.3, 0.4) is 0 Å². The summed E-state index contributed by atoms with van der Waals surface area (Å²) in [6.07, 6.45) is 8.68. The Balaban J connectivity index is 1.34. The Kier molecular flexibility index (Phi) is 4.89. The van der Waals surface area contributed by atoms with Gasteiger partial charge in [-0.2, -0.15) is 10.1 Å². The first-order valence-electron chi connectivity index (χ1n) is 12.2. The zero-order valence-electron chi connectivity index (χ0n) is 19.3. The fraction of sp³-hybridized carbons (Fsp3) is 0.538. The van der Waals surface area contributed by atoms with E-state index in [2.05, 4.69) is 41.0 Å². The van der Waals surface area contributed by atoms with Gasteiger partial charge in [0.25, 0.3) is 5.89 Å². The summed E-state index contributed by atoms with van der Waals surface area (Å²) < 4.78 is 13.0. The highest BCUT2D eigenvalue weighted by Gasteiger charge is 2.51. The number of aromatic nitrogens is 4. The average molecular weight is 447 g/mol. The zero-order chi connectivity index (χ0) is 22.6. The van der Waals surface area contributed by atoms with E-state index in [1.54, 1.807) is 0 Å². The van der Waals surface area contributed by atoms with Gasteiger partial charge in [-0.05, 0) is 75.8 Å². The minimum absolute atomic E-state index is 0.00375. The lowest BCUT2D eigenvalue weighted by Crippen LogP contribution is -2.25. The number of nitrogens with zero attached hydrogens (tertiary/aromatic N) is 4. The van der Waals surface area contributed by atoms with E-state index in [0.29, 0.717) is 5.89 Å². The Hall–Kier alpha value is -2.96. The highest BCUT2D eigenvalue weighted by Crippen LogP contribution is 2.53. The highest BCUT2D eigenvalue weighted by molar-refractivity contribution is 5.72. The monoisotopic (exact) mass is 446 g/mol. The molecule has 3 aliphatic carbocycles. The third-order valence-corrected chi connectivity index (χ3v) is 7.98. The second-order valence-electron chi connectivity index (χ2n) is 9.92. The van der Waals surface area contributed by atoms with Crippen molar-refractivity contribution < 1.29 is 14.1 Å². The lowest BCUT2D eigenvalue weighted by atomic mass is 9.86. The van der Waals surface area contributed by atoms with Crippen LogP contribution in [0.4, 0.5) is 0 Å². The number of rotatable bonds is 5. The molecule has 0 amide bonds. The number of carbonyl (C=O) groups is 1. The molecule has 6 rings (SSSR count). The second kappa shape index (κ2) is 7.82. The van der Waals surface area contributed by atoms with Crippen molar-refractivity contribution in [1.29, 1.82) is 0 Å². The number of carbonyl (C=O) groups excluding carboxylic acids is 1. The highest BCUT2D eigenvalue weighted by atomic mass is 16.5. The number of benzene rings is 1. The normalized spacial score (nSPS) is 23.3. The maximum atomic E-state index is 12.0. The molecular formula is C26H30N4O3. The predicted molar refractivity (Wildman–Crippen MR) is 122 cm³/mol. The largest absolute Gasteiger partial charge is 0.469 e. The minimum Gasteiger partial charge on any atom is -0.469 e. The van der Waals surface area contributed by atoms with Crippen LogP contribution >= 0.6 is 0 Å². The molecule has 0 radical (unpaired) electrons. The average Bonchev–Trinajstić information content (AvgIpc) is 3.16. The van der Waals surface area contributed by atoms with Crippen molar-refractivity contribution in [3.63, 3.8) is 0 Å². The summed E-state index contributed by atoms with van der Waals surface area (Å²) in [7, 11) is 1.47. The lowest BCUT2D eigenvalue weighted by molar-refractivity contribution is -0.146. The van der Waals surface area contributed by atoms with Crippen molar-refractivity contribution in [2.75, 3.05) is 7.11 Å². The summed E-state index contributed by atoms with van der Waals surface area (Å²) in [6.45, 7) is 2.16. The predicted octanol–water partition coefficient (Wildman–Crippen LogP) is 4.71. The lowest BCUT2D eigenvalue weighted by Gasteiger charge is -2.28. The first-order chi connectivity index (χ1) is 16.1. The molecular weight excluding hydrogens is 416 g/mol. The summed E-state index contributed by atoms with van der Waals surface area (Å²) in [4.78, 5) is 17.0. The SMILES string of the molecule is COC(=O)C1CCC(n2nc3c(c2-c2nc(C4(c5ccccc5C)CC4)no2)CCC3)CC1. The maximum Gasteiger partial charge on any atom is 0.308 e. The number of hydrogen-bond donors (Lipinski definition) is 0. The Bertz CT molecular complexity index is 1200. The van der Waals surface area contributed by atoms with Gasteiger partial charge in [-0.15, -0.1) is 0 Å². The molecule has 0 unspecified atom stereocenters. The van der Waals surface area contributed by atoms with Gasteiger partial charge in [-0.1, -0.05) is 29.4 Å². The van der Waals surface area contributed by atoms with Crippen molar-refractivity contribution in [3.8, 4) is 11.6 Å². The fourth-order valence-corrected chi connectivity index (χ4v) is 5.99. The van der Waals surface area contributed by atoms with Gasteiger partial charge in [0.05, 0.1) is 30.2 Å². The summed E-state index contributed by atoms with van der Waals surface area (Å²) in [5.41, 5.74) is 5.88. The summed E-state index contributed by atoms with van der Waals surface area (Å²) in [5, 5.41) is 9.51. The topological polar surface area (TPSA) is 83.0 Å². The van der Waals surface area contributed by atoms with Gasteiger partial charge in [0.2, 0.25) is 0 Å². The molecule has 0 bridgehead atoms. The Labute approximate surface area is 193 Å². The van der Waals surface area contributed by atoms with E-state index in [1.807, 2.05) is 0 Å². The number of methoxy groups -OCH3 is 1. The van der Waals surface area contributed by atoms with E-state index in [1.165, 1.54) is 29.5 Å². The van der Waals surface area contributed by atoms with Gasteiger partial charge >= 0.3 is 5.97 Å². The number of aryl methyl sites for hydroxylation is 2. The first kappa shape index (κ1) is 20.6. The van der Waals surface area contributed by atoms with E-state index in [0.717, 1.165) is 69.3 Å². The molecule has 2 saturated carbocycles. The van der Waals surface area contributed by atoms with Crippen LogP contribution in [-0.4, -0.2) is 33.0 Å². The van der Waals surface area contributed by atoms with Crippen molar-refractivity contribution >= 4 is 5.97 Å². The molecule has 0 spiro atoms. The molecule has 3 aromatic rings. The van der Waals surface area contributed by atoms with Crippen molar-refractivity contribution in [2.24, 2.45) is 5.92 Å². The van der Waals surface area contributed by atoms with Crippen LogP contribution in [0.2, 0.25) is 0 Å². The Morgan fingerprint density at radius 1 is 1.15 bits per heavy atom. The van der Waals surface area contributed by atoms with Gasteiger partial charge < -0.3 is 9.26 Å². The van der Waals surface area contributed by atoms with Crippen LogP contribution in [0.15, 0.2) is 28.8 Å². The van der Waals surface area contributed by atoms with Gasteiger partial charge in [-0.3, -0.25) is 9.48 Å². The molecule has 1 aromatic carbocycles. The van der Waals surface area contributed by atoms with Crippen molar-refractivity contribution in [1.82, 2.24) is 19.9 Å². The van der Waals surface area contributed by atoms with Crippen LogP contribution < -0.4 is 0 Å². The fourth-order valence-electron chi connectivity index (χ4n) is 5.99. The molecule has 2 aromatic heterocycles. The van der Waals surface area contributed by atoms with Crippen LogP contribution in [0.25, 0.3) is 11.6 Å². The molecule has 0 saturated heterocycles. The number of ether oxygens (including phenoxy) is 1. The molecule has 0 N–H and O–H groups in total. The third kappa shape index (κ3) is 3.31. The summed E-state index contributed by atoms with van der Waals surface area (Å²) >= 11 is 0. The minimum atomic E-state index is -0.125. The van der Waals surface area contributed by atoms with Gasteiger partial charge in [0, 0.05) is 5.56 Å². The van der Waals surface area contributed by atoms with Crippen molar-refractivity contribution in [2.45, 2.75) is 76.2 Å². The molecule has 172 valence electrons. The van der Waals surface area contributed by atoms with E-state index < -0.39 is 0 Å². The van der Waals surface area contributed by atoms with E-state index in [-0.39, 0.29) is 23.3 Å². The van der Waals surface area contributed by atoms with Gasteiger partial charge in [-0.25, -0.2) is 0 Å². The smallest absolute Gasteiger partial charge is 0.308 e. The number of esters is 1. The van der Waals surface area contributed by atoms with Crippen LogP contribution in [0.5, 0.6) is 0 Å². The maximum absolute atomic E-state index is 12.0. The van der Waals surface area contributed by atoms with E-state index >= 15 is 0 Å². The molecule has 2 heterocycles. The van der Waals surface area contributed by atoms with E-state index in [9.17, 15) is 4.79 Å². The van der Waals surface area contributed by atoms with Gasteiger partial charge in [0.15, 0.2) is 5.82 Å². The number of hydrogen-bond acceptors (Lipinski definition) is 6. The zero-order valence-corrected chi connectivity index (χ0v) is 19.3. The van der Waals surface area contributed by atoms with Gasteiger partial charge in [0.1, 0.15) is 5.69 Å². The molecule has 7 heteroatoms.